The number of carboxylic acids is 1. The van der Waals surface area contributed by atoms with Crippen molar-refractivity contribution >= 4 is 35.1 Å². The zero-order valence-corrected chi connectivity index (χ0v) is 25.6. The Hall–Kier alpha value is -4.74. The third-order valence-corrected chi connectivity index (χ3v) is 6.88. The average molecular weight is 681 g/mol. The lowest BCUT2D eigenvalue weighted by molar-refractivity contribution is -0.192. The average Bonchev–Trinajstić information content (AvgIpc) is 3.64. The second-order valence-electron chi connectivity index (χ2n) is 9.95. The Balaban J connectivity index is 0.000000293. The molecule has 12 nitrogen and oxygen atoms in total. The fourth-order valence-electron chi connectivity index (χ4n) is 4.60. The van der Waals surface area contributed by atoms with Crippen LogP contribution < -0.4 is 30.7 Å². The van der Waals surface area contributed by atoms with Crippen molar-refractivity contribution in [3.8, 4) is 11.5 Å². The van der Waals surface area contributed by atoms with E-state index in [0.29, 0.717) is 29.8 Å². The first-order valence-electron chi connectivity index (χ1n) is 13.8. The van der Waals surface area contributed by atoms with Crippen molar-refractivity contribution in [1.29, 1.82) is 0 Å². The molecule has 0 aliphatic carbocycles. The zero-order valence-electron chi connectivity index (χ0n) is 25.6. The lowest BCUT2D eigenvalue weighted by atomic mass is 10.1. The molecule has 2 aromatic rings. The summed E-state index contributed by atoms with van der Waals surface area (Å²) in [5.41, 5.74) is 8.80. The van der Waals surface area contributed by atoms with Gasteiger partial charge in [0.05, 0.1) is 33.1 Å². The first-order valence-corrected chi connectivity index (χ1v) is 13.8. The molecular formula is C29H34F6N4O8. The maximum atomic E-state index is 12.6. The predicted octanol–water partition coefficient (Wildman–Crippen LogP) is 3.21. The molecule has 260 valence electrons. The van der Waals surface area contributed by atoms with Crippen molar-refractivity contribution in [2.75, 3.05) is 38.1 Å². The monoisotopic (exact) mass is 680 g/mol. The summed E-state index contributed by atoms with van der Waals surface area (Å²) in [4.78, 5) is 46.3. The second kappa shape index (κ2) is 16.2. The smallest absolute Gasteiger partial charge is 0.490 e. The fraction of sp³-hybridized carbons (Fsp3) is 0.448. The van der Waals surface area contributed by atoms with Crippen molar-refractivity contribution in [3.05, 3.63) is 47.5 Å². The van der Waals surface area contributed by atoms with Gasteiger partial charge in [-0.05, 0) is 30.7 Å². The SMILES string of the molecule is CC[C@H](N)C(=O)N1c2cccc(OC)c2C[C@H]1C(=O)NCC(F)(F)F.COC(=O)[C@@H]1Cc2c(cccc2OC)N1.O=C(O)C(F)(F)F. The molecule has 3 atom stereocenters. The number of alkyl halides is 6. The number of anilines is 2. The highest BCUT2D eigenvalue weighted by molar-refractivity contribution is 6.06. The summed E-state index contributed by atoms with van der Waals surface area (Å²) in [6, 6.07) is 8.40. The molecule has 2 aliphatic heterocycles. The van der Waals surface area contributed by atoms with E-state index in [1.54, 1.807) is 32.2 Å². The fourth-order valence-corrected chi connectivity index (χ4v) is 4.60. The standard InChI is InChI=1S/C16H20F3N3O3.C11H13NO3.C2HF3O2/c1-3-10(20)15(24)22-11-5-4-6-13(25-2)9(11)7-12(22)14(23)21-8-16(17,18)19;1-14-10-5-3-4-8-7(10)6-9(12-8)11(13)15-2;3-2(4,5)1(6)7/h4-6,10,12H,3,7-8,20H2,1-2H3,(H,21,23);3-5,9,12H,6H2,1-2H3;(H,6,7)/t10-,12-;9-;/m00./s1. The Bertz CT molecular complexity index is 1440. The van der Waals surface area contributed by atoms with Crippen LogP contribution in [0.5, 0.6) is 11.5 Å². The van der Waals surface area contributed by atoms with E-state index < -0.39 is 48.8 Å². The summed E-state index contributed by atoms with van der Waals surface area (Å²) in [5.74, 6) is -3.12. The number of carboxylic acid groups (broad SMARTS) is 1. The van der Waals surface area contributed by atoms with E-state index in [-0.39, 0.29) is 18.4 Å². The van der Waals surface area contributed by atoms with Gasteiger partial charge < -0.3 is 35.7 Å². The number of methoxy groups -OCH3 is 3. The van der Waals surface area contributed by atoms with Crippen LogP contribution in [0.4, 0.5) is 37.7 Å². The van der Waals surface area contributed by atoms with Crippen molar-refractivity contribution < 1.29 is 64.8 Å². The molecule has 4 rings (SSSR count). The van der Waals surface area contributed by atoms with Gasteiger partial charge in [-0.3, -0.25) is 14.5 Å². The third kappa shape index (κ3) is 10.1. The number of esters is 1. The molecule has 2 heterocycles. The minimum atomic E-state index is -5.08. The summed E-state index contributed by atoms with van der Waals surface area (Å²) in [5, 5.41) is 12.1. The van der Waals surface area contributed by atoms with Crippen molar-refractivity contribution in [1.82, 2.24) is 5.32 Å². The molecule has 0 spiro atoms. The third-order valence-electron chi connectivity index (χ3n) is 6.88. The van der Waals surface area contributed by atoms with Gasteiger partial charge in [-0.15, -0.1) is 0 Å². The second-order valence-corrected chi connectivity index (χ2v) is 9.95. The van der Waals surface area contributed by atoms with Gasteiger partial charge >= 0.3 is 24.3 Å². The van der Waals surface area contributed by atoms with Crippen LogP contribution >= 0.6 is 0 Å². The quantitative estimate of drug-likeness (QED) is 0.252. The van der Waals surface area contributed by atoms with Gasteiger partial charge in [0.15, 0.2) is 0 Å². The van der Waals surface area contributed by atoms with Crippen LogP contribution in [-0.4, -0.2) is 87.2 Å². The van der Waals surface area contributed by atoms with Gasteiger partial charge in [-0.1, -0.05) is 19.1 Å². The number of carbonyl (C=O) groups excluding carboxylic acids is 3. The van der Waals surface area contributed by atoms with E-state index in [4.69, 9.17) is 29.8 Å². The number of hydrogen-bond acceptors (Lipinski definition) is 9. The van der Waals surface area contributed by atoms with Crippen LogP contribution in [0.15, 0.2) is 36.4 Å². The van der Waals surface area contributed by atoms with Gasteiger partial charge in [0.25, 0.3) is 0 Å². The number of carbonyl (C=O) groups is 4. The summed E-state index contributed by atoms with van der Waals surface area (Å²) in [6.07, 6.45) is -8.60. The van der Waals surface area contributed by atoms with Gasteiger partial charge in [0.2, 0.25) is 11.8 Å². The first kappa shape index (κ1) is 38.4. The minimum absolute atomic E-state index is 0.0607. The Morgan fingerprint density at radius 1 is 0.979 bits per heavy atom. The van der Waals surface area contributed by atoms with Gasteiger partial charge in [0.1, 0.15) is 30.1 Å². The number of hydrogen-bond donors (Lipinski definition) is 4. The van der Waals surface area contributed by atoms with Gasteiger partial charge in [-0.2, -0.15) is 26.3 Å². The van der Waals surface area contributed by atoms with E-state index >= 15 is 0 Å². The van der Waals surface area contributed by atoms with Crippen LogP contribution in [0.2, 0.25) is 0 Å². The van der Waals surface area contributed by atoms with Crippen LogP contribution in [-0.2, 0) is 36.8 Å². The number of ether oxygens (including phenoxy) is 3. The number of amides is 2. The molecule has 0 bridgehead atoms. The van der Waals surface area contributed by atoms with Gasteiger partial charge in [0, 0.05) is 29.7 Å². The molecule has 0 unspecified atom stereocenters. The summed E-state index contributed by atoms with van der Waals surface area (Å²) >= 11 is 0. The van der Waals surface area contributed by atoms with Crippen LogP contribution in [0.1, 0.15) is 24.5 Å². The summed E-state index contributed by atoms with van der Waals surface area (Å²) < 4.78 is 84.1. The topological polar surface area (TPSA) is 170 Å². The number of nitrogens with two attached hydrogens (primary N) is 1. The number of rotatable bonds is 7. The number of fused-ring (bicyclic) bond motifs is 2. The molecule has 2 aromatic carbocycles. The molecule has 0 saturated carbocycles. The molecule has 18 heteroatoms. The van der Waals surface area contributed by atoms with E-state index in [9.17, 15) is 40.7 Å². The van der Waals surface area contributed by atoms with E-state index in [1.807, 2.05) is 23.5 Å². The molecule has 0 aromatic heterocycles. The molecular weight excluding hydrogens is 646 g/mol. The van der Waals surface area contributed by atoms with Crippen molar-refractivity contribution in [3.63, 3.8) is 0 Å². The highest BCUT2D eigenvalue weighted by Gasteiger charge is 2.42. The lowest BCUT2D eigenvalue weighted by Crippen LogP contribution is -2.53. The van der Waals surface area contributed by atoms with E-state index in [2.05, 4.69) is 5.32 Å². The Morgan fingerprint density at radius 2 is 1.53 bits per heavy atom. The number of nitrogens with zero attached hydrogens (tertiary/aromatic N) is 1. The lowest BCUT2D eigenvalue weighted by Gasteiger charge is -2.27. The Kier molecular flexibility index (Phi) is 13.2. The van der Waals surface area contributed by atoms with E-state index in [1.165, 1.54) is 19.1 Å². The number of aliphatic carboxylic acids is 1. The summed E-state index contributed by atoms with van der Waals surface area (Å²) in [7, 11) is 4.46. The van der Waals surface area contributed by atoms with E-state index in [0.717, 1.165) is 17.0 Å². The van der Waals surface area contributed by atoms with Crippen LogP contribution in [0.25, 0.3) is 0 Å². The number of benzene rings is 2. The van der Waals surface area contributed by atoms with Crippen molar-refractivity contribution in [2.24, 2.45) is 5.73 Å². The highest BCUT2D eigenvalue weighted by atomic mass is 19.4. The number of nitrogens with one attached hydrogen (secondary N) is 2. The first-order chi connectivity index (χ1) is 21.9. The van der Waals surface area contributed by atoms with Crippen molar-refractivity contribution in [2.45, 2.75) is 56.7 Å². The Labute approximate surface area is 265 Å². The Morgan fingerprint density at radius 3 is 2.02 bits per heavy atom. The molecule has 0 radical (unpaired) electrons. The molecule has 5 N–H and O–H groups in total. The maximum Gasteiger partial charge on any atom is 0.490 e. The molecule has 0 fully saturated rings. The maximum absolute atomic E-state index is 12.6. The highest BCUT2D eigenvalue weighted by Crippen LogP contribution is 2.39. The normalized spacial score (nSPS) is 16.9. The predicted molar refractivity (Wildman–Crippen MR) is 155 cm³/mol. The molecule has 0 saturated heterocycles. The zero-order chi connectivity index (χ0) is 35.7. The summed E-state index contributed by atoms with van der Waals surface area (Å²) in [6.45, 7) is 0.252. The minimum Gasteiger partial charge on any atom is -0.496 e. The molecule has 2 amide bonds. The van der Waals surface area contributed by atoms with Crippen LogP contribution in [0.3, 0.4) is 0 Å². The molecule has 2 aliphatic rings. The number of halogens is 6. The van der Waals surface area contributed by atoms with Gasteiger partial charge in [-0.25, -0.2) is 9.59 Å². The van der Waals surface area contributed by atoms with Crippen LogP contribution in [0, 0.1) is 0 Å². The molecule has 47 heavy (non-hydrogen) atoms. The largest absolute Gasteiger partial charge is 0.496 e.